The lowest BCUT2D eigenvalue weighted by atomic mass is 9.88. The summed E-state index contributed by atoms with van der Waals surface area (Å²) in [7, 11) is 0. The zero-order valence-corrected chi connectivity index (χ0v) is 10.6. The molecule has 4 atom stereocenters. The average molecular weight is 230 g/mol. The van der Waals surface area contributed by atoms with Crippen molar-refractivity contribution in [2.45, 2.75) is 46.5 Å². The van der Waals surface area contributed by atoms with Crippen LogP contribution in [0.4, 0.5) is 0 Å². The third-order valence-electron chi connectivity index (χ3n) is 3.00. The molecule has 94 valence electrons. The van der Waals surface area contributed by atoms with Crippen LogP contribution in [-0.2, 0) is 19.0 Å². The van der Waals surface area contributed by atoms with E-state index >= 15 is 0 Å². The van der Waals surface area contributed by atoms with E-state index in [1.807, 2.05) is 6.92 Å². The highest BCUT2D eigenvalue weighted by molar-refractivity contribution is 5.66. The number of rotatable bonds is 4. The second-order valence-electron chi connectivity index (χ2n) is 4.48. The van der Waals surface area contributed by atoms with Gasteiger partial charge < -0.3 is 14.2 Å². The molecule has 1 saturated heterocycles. The Hall–Kier alpha value is -0.610. The number of hydrogen-bond donors (Lipinski definition) is 0. The number of esters is 1. The minimum atomic E-state index is -0.407. The average Bonchev–Trinajstić information content (AvgIpc) is 2.23. The molecule has 0 N–H and O–H groups in total. The van der Waals surface area contributed by atoms with Gasteiger partial charge in [0, 0.05) is 19.4 Å². The molecule has 16 heavy (non-hydrogen) atoms. The quantitative estimate of drug-likeness (QED) is 0.693. The second-order valence-corrected chi connectivity index (χ2v) is 4.48. The number of carbonyl (C=O) groups is 1. The van der Waals surface area contributed by atoms with Crippen LogP contribution in [-0.4, -0.2) is 31.6 Å². The molecule has 1 aliphatic heterocycles. The van der Waals surface area contributed by atoms with Crippen molar-refractivity contribution in [2.24, 2.45) is 11.8 Å². The van der Waals surface area contributed by atoms with Gasteiger partial charge in [0.1, 0.15) is 0 Å². The summed E-state index contributed by atoms with van der Waals surface area (Å²) in [6.07, 6.45) is 0.235. The van der Waals surface area contributed by atoms with Gasteiger partial charge in [-0.3, -0.25) is 4.79 Å². The topological polar surface area (TPSA) is 44.8 Å². The van der Waals surface area contributed by atoms with Crippen LogP contribution < -0.4 is 0 Å². The Morgan fingerprint density at radius 3 is 2.69 bits per heavy atom. The van der Waals surface area contributed by atoms with Gasteiger partial charge in [-0.25, -0.2) is 0 Å². The monoisotopic (exact) mass is 230 g/mol. The van der Waals surface area contributed by atoms with E-state index in [-0.39, 0.29) is 18.0 Å². The highest BCUT2D eigenvalue weighted by Crippen LogP contribution is 2.28. The molecule has 0 aliphatic carbocycles. The minimum Gasteiger partial charge on any atom is -0.457 e. The Morgan fingerprint density at radius 1 is 1.44 bits per heavy atom. The summed E-state index contributed by atoms with van der Waals surface area (Å²) in [6, 6.07) is 0. The smallest absolute Gasteiger partial charge is 0.303 e. The Labute approximate surface area is 97.2 Å². The summed E-state index contributed by atoms with van der Waals surface area (Å²) >= 11 is 0. The van der Waals surface area contributed by atoms with Crippen molar-refractivity contribution in [3.8, 4) is 0 Å². The second kappa shape index (κ2) is 6.21. The molecule has 0 aromatic rings. The molecule has 1 unspecified atom stereocenters. The van der Waals surface area contributed by atoms with Gasteiger partial charge in [0.15, 0.2) is 12.4 Å². The van der Waals surface area contributed by atoms with Gasteiger partial charge in [-0.1, -0.05) is 20.8 Å². The van der Waals surface area contributed by atoms with Crippen LogP contribution >= 0.6 is 0 Å². The third-order valence-corrected chi connectivity index (χ3v) is 3.00. The van der Waals surface area contributed by atoms with Crippen LogP contribution in [0.25, 0.3) is 0 Å². The first kappa shape index (κ1) is 13.5. The van der Waals surface area contributed by atoms with Crippen LogP contribution in [0, 0.1) is 11.8 Å². The van der Waals surface area contributed by atoms with Crippen molar-refractivity contribution in [1.82, 2.24) is 0 Å². The molecule has 1 heterocycles. The molecule has 0 aromatic carbocycles. The lowest BCUT2D eigenvalue weighted by Crippen LogP contribution is -2.48. The molecule has 4 heteroatoms. The lowest BCUT2D eigenvalue weighted by Gasteiger charge is -2.38. The molecule has 1 aliphatic rings. The molecule has 0 aromatic heterocycles. The summed E-state index contributed by atoms with van der Waals surface area (Å²) in [6.45, 7) is 8.91. The van der Waals surface area contributed by atoms with E-state index < -0.39 is 6.29 Å². The number of ether oxygens (including phenoxy) is 3. The minimum absolute atomic E-state index is 0.263. The Bertz CT molecular complexity index is 227. The largest absolute Gasteiger partial charge is 0.457 e. The Morgan fingerprint density at radius 2 is 2.12 bits per heavy atom. The number of carbonyl (C=O) groups excluding carboxylic acids is 1. The van der Waals surface area contributed by atoms with Gasteiger partial charge in [-0.05, 0) is 12.3 Å². The van der Waals surface area contributed by atoms with E-state index in [9.17, 15) is 4.79 Å². The van der Waals surface area contributed by atoms with Crippen molar-refractivity contribution in [1.29, 1.82) is 0 Å². The summed E-state index contributed by atoms with van der Waals surface area (Å²) in [5.74, 6) is 0.366. The lowest BCUT2D eigenvalue weighted by molar-refractivity contribution is -0.250. The van der Waals surface area contributed by atoms with Crippen molar-refractivity contribution >= 4 is 5.97 Å². The zero-order chi connectivity index (χ0) is 12.1. The molecule has 1 rings (SSSR count). The normalized spacial score (nSPS) is 34.8. The highest BCUT2D eigenvalue weighted by Gasteiger charge is 2.38. The van der Waals surface area contributed by atoms with E-state index in [1.165, 1.54) is 6.92 Å². The molecule has 0 radical (unpaired) electrons. The fourth-order valence-electron chi connectivity index (χ4n) is 1.80. The zero-order valence-electron chi connectivity index (χ0n) is 10.6. The molecule has 1 fully saturated rings. The SMILES string of the molecule is CCCO[C@@H]1OC[C@@H](C)C(C)[C@@H]1OC(C)=O. The highest BCUT2D eigenvalue weighted by atomic mass is 16.7. The third kappa shape index (κ3) is 3.46. The van der Waals surface area contributed by atoms with Gasteiger partial charge in [0.2, 0.25) is 0 Å². The van der Waals surface area contributed by atoms with Gasteiger partial charge in [0.05, 0.1) is 6.61 Å². The molecular weight excluding hydrogens is 208 g/mol. The van der Waals surface area contributed by atoms with Crippen molar-refractivity contribution in [3.05, 3.63) is 0 Å². The molecule has 4 nitrogen and oxygen atoms in total. The first-order chi connectivity index (χ1) is 7.56. The summed E-state index contributed by atoms with van der Waals surface area (Å²) in [5.41, 5.74) is 0. The van der Waals surface area contributed by atoms with E-state index in [0.29, 0.717) is 19.1 Å². The van der Waals surface area contributed by atoms with Gasteiger partial charge >= 0.3 is 5.97 Å². The van der Waals surface area contributed by atoms with E-state index in [1.54, 1.807) is 0 Å². The predicted octanol–water partition coefficient (Wildman–Crippen LogP) is 1.97. The standard InChI is InChI=1S/C12H22O4/c1-5-6-14-12-11(16-10(4)13)9(3)8(2)7-15-12/h8-9,11-12H,5-7H2,1-4H3/t8-,9?,11+,12-/m1/s1. The predicted molar refractivity (Wildman–Crippen MR) is 59.9 cm³/mol. The number of hydrogen-bond acceptors (Lipinski definition) is 4. The van der Waals surface area contributed by atoms with Gasteiger partial charge in [-0.15, -0.1) is 0 Å². The molecular formula is C12H22O4. The molecule has 0 spiro atoms. The Kier molecular flexibility index (Phi) is 5.22. The van der Waals surface area contributed by atoms with Crippen molar-refractivity contribution < 1.29 is 19.0 Å². The van der Waals surface area contributed by atoms with Gasteiger partial charge in [-0.2, -0.15) is 0 Å². The van der Waals surface area contributed by atoms with Crippen LogP contribution in [0.15, 0.2) is 0 Å². The van der Waals surface area contributed by atoms with E-state index in [2.05, 4.69) is 13.8 Å². The maximum absolute atomic E-state index is 11.1. The van der Waals surface area contributed by atoms with Crippen molar-refractivity contribution in [3.63, 3.8) is 0 Å². The fraction of sp³-hybridized carbons (Fsp3) is 0.917. The Balaban J connectivity index is 2.61. The summed E-state index contributed by atoms with van der Waals surface area (Å²) < 4.78 is 16.4. The summed E-state index contributed by atoms with van der Waals surface area (Å²) in [5, 5.41) is 0. The fourth-order valence-corrected chi connectivity index (χ4v) is 1.80. The molecule has 0 amide bonds. The van der Waals surface area contributed by atoms with Crippen LogP contribution in [0.3, 0.4) is 0 Å². The first-order valence-electron chi connectivity index (χ1n) is 5.96. The van der Waals surface area contributed by atoms with Gasteiger partial charge in [0.25, 0.3) is 0 Å². The van der Waals surface area contributed by atoms with Crippen LogP contribution in [0.1, 0.15) is 34.1 Å². The molecule has 0 saturated carbocycles. The maximum Gasteiger partial charge on any atom is 0.303 e. The summed E-state index contributed by atoms with van der Waals surface area (Å²) in [4.78, 5) is 11.1. The van der Waals surface area contributed by atoms with Crippen molar-refractivity contribution in [2.75, 3.05) is 13.2 Å². The van der Waals surface area contributed by atoms with Crippen LogP contribution in [0.5, 0.6) is 0 Å². The van der Waals surface area contributed by atoms with Crippen LogP contribution in [0.2, 0.25) is 0 Å². The van der Waals surface area contributed by atoms with E-state index in [4.69, 9.17) is 14.2 Å². The first-order valence-corrected chi connectivity index (χ1v) is 5.96. The maximum atomic E-state index is 11.1. The van der Waals surface area contributed by atoms with E-state index in [0.717, 1.165) is 6.42 Å². The molecule has 0 bridgehead atoms.